The summed E-state index contributed by atoms with van der Waals surface area (Å²) in [6.45, 7) is 4.42. The van der Waals surface area contributed by atoms with E-state index in [0.717, 1.165) is 11.4 Å². The first-order valence-corrected chi connectivity index (χ1v) is 11.0. The number of hydrogen-bond acceptors (Lipinski definition) is 7. The van der Waals surface area contributed by atoms with Crippen LogP contribution in [-0.4, -0.2) is 37.5 Å². The Morgan fingerprint density at radius 2 is 1.94 bits per heavy atom. The number of nitro groups is 1. The summed E-state index contributed by atoms with van der Waals surface area (Å²) in [5, 5.41) is 11.2. The highest BCUT2D eigenvalue weighted by molar-refractivity contribution is 5.97. The molecular weight excluding hydrogens is 452 g/mol. The maximum Gasteiger partial charge on any atom is 0.270 e. The molecule has 0 saturated carbocycles. The molecule has 1 aliphatic heterocycles. The van der Waals surface area contributed by atoms with Crippen molar-refractivity contribution in [3.8, 4) is 11.5 Å². The number of nitro benzene ring substituents is 1. The number of non-ortho nitro benzene ring substituents is 1. The van der Waals surface area contributed by atoms with Gasteiger partial charge in [-0.05, 0) is 38.1 Å². The molecule has 0 radical (unpaired) electrons. The molecule has 0 fully saturated rings. The summed E-state index contributed by atoms with van der Waals surface area (Å²) in [4.78, 5) is 40.7. The van der Waals surface area contributed by atoms with E-state index < -0.39 is 10.5 Å². The van der Waals surface area contributed by atoms with Gasteiger partial charge < -0.3 is 14.0 Å². The summed E-state index contributed by atoms with van der Waals surface area (Å²) >= 11 is 0. The molecule has 0 amide bonds. The highest BCUT2D eigenvalue weighted by Gasteiger charge is 2.24. The Labute approximate surface area is 199 Å². The lowest BCUT2D eigenvalue weighted by Crippen LogP contribution is -2.33. The van der Waals surface area contributed by atoms with Crippen LogP contribution >= 0.6 is 0 Å². The third kappa shape index (κ3) is 4.14. The normalized spacial score (nSPS) is 14.7. The first kappa shape index (κ1) is 22.3. The van der Waals surface area contributed by atoms with Gasteiger partial charge in [0, 0.05) is 29.1 Å². The predicted molar refractivity (Wildman–Crippen MR) is 127 cm³/mol. The number of para-hydroxylation sites is 2. The number of aromatic nitrogens is 3. The number of aryl methyl sites for hydroxylation is 1. The molecule has 2 aromatic carbocycles. The average Bonchev–Trinajstić information content (AvgIpc) is 3.14. The highest BCUT2D eigenvalue weighted by Crippen LogP contribution is 2.31. The number of hydrogen-bond donors (Lipinski definition) is 0. The fourth-order valence-electron chi connectivity index (χ4n) is 4.33. The van der Waals surface area contributed by atoms with E-state index in [0.29, 0.717) is 35.7 Å². The fourth-order valence-corrected chi connectivity index (χ4v) is 4.33. The van der Waals surface area contributed by atoms with Crippen molar-refractivity contribution in [3.05, 3.63) is 92.3 Å². The number of benzene rings is 2. The number of carbonyl (C=O) groups excluding carboxylic acids is 1. The number of fused-ring (bicyclic) bond motifs is 2. The van der Waals surface area contributed by atoms with E-state index in [1.165, 1.54) is 29.1 Å². The van der Waals surface area contributed by atoms with Gasteiger partial charge in [-0.15, -0.1) is 0 Å². The predicted octanol–water partition coefficient (Wildman–Crippen LogP) is 3.45. The zero-order valence-electron chi connectivity index (χ0n) is 19.1. The fraction of sp³-hybridized carbons (Fsp3) is 0.240. The van der Waals surface area contributed by atoms with Crippen molar-refractivity contribution < 1.29 is 19.2 Å². The summed E-state index contributed by atoms with van der Waals surface area (Å²) in [5.74, 6) is 1.13. The Balaban J connectivity index is 1.38. The third-order valence-electron chi connectivity index (χ3n) is 6.16. The van der Waals surface area contributed by atoms with Gasteiger partial charge in [0.05, 0.1) is 35.2 Å². The second kappa shape index (κ2) is 8.71. The number of Topliss-reactive ketones (excluding diaryl/α,β-unsaturated/α-hetero) is 1. The molecule has 35 heavy (non-hydrogen) atoms. The number of carbonyl (C=O) groups is 1. The van der Waals surface area contributed by atoms with Gasteiger partial charge in [-0.2, -0.15) is 0 Å². The lowest BCUT2D eigenvalue weighted by Gasteiger charge is -2.27. The maximum absolute atomic E-state index is 13.2. The van der Waals surface area contributed by atoms with Crippen LogP contribution in [0.25, 0.3) is 10.9 Å². The minimum atomic E-state index is -0.574. The average molecular weight is 474 g/mol. The van der Waals surface area contributed by atoms with E-state index in [4.69, 9.17) is 9.47 Å². The molecular formula is C25H22N4O6. The van der Waals surface area contributed by atoms with Crippen LogP contribution in [0.15, 0.2) is 59.7 Å². The standard InChI is InChI=1S/C25H22N4O6/c1-15-9-19(16(2)28(15)11-18-13-34-23-5-3-4-6-24(23)35-18)22(30)12-27-14-26-21-8-7-17(29(32)33)10-20(21)25(27)31/h3-10,14,18H,11-13H2,1-2H3/t18-/m1/s1. The molecule has 10 heteroatoms. The summed E-state index contributed by atoms with van der Waals surface area (Å²) in [7, 11) is 0. The number of nitrogens with zero attached hydrogens (tertiary/aromatic N) is 4. The third-order valence-corrected chi connectivity index (χ3v) is 6.16. The van der Waals surface area contributed by atoms with Crippen LogP contribution in [0.4, 0.5) is 5.69 Å². The molecule has 0 spiro atoms. The first-order valence-electron chi connectivity index (χ1n) is 11.0. The van der Waals surface area contributed by atoms with Crippen LogP contribution in [0.1, 0.15) is 21.7 Å². The summed E-state index contributed by atoms with van der Waals surface area (Å²) < 4.78 is 15.0. The number of ketones is 1. The van der Waals surface area contributed by atoms with Crippen LogP contribution in [0.5, 0.6) is 11.5 Å². The second-order valence-electron chi connectivity index (χ2n) is 8.45. The van der Waals surface area contributed by atoms with Gasteiger partial charge >= 0.3 is 0 Å². The molecule has 178 valence electrons. The van der Waals surface area contributed by atoms with Gasteiger partial charge in [0.15, 0.2) is 23.4 Å². The molecule has 2 aromatic heterocycles. The molecule has 0 saturated heterocycles. The Bertz CT molecular complexity index is 1540. The lowest BCUT2D eigenvalue weighted by atomic mass is 10.1. The minimum absolute atomic E-state index is 0.0923. The molecule has 0 N–H and O–H groups in total. The van der Waals surface area contributed by atoms with Crippen LogP contribution in [-0.2, 0) is 13.1 Å². The number of ether oxygens (including phenoxy) is 2. The van der Waals surface area contributed by atoms with E-state index in [9.17, 15) is 19.7 Å². The largest absolute Gasteiger partial charge is 0.486 e. The van der Waals surface area contributed by atoms with Crippen molar-refractivity contribution in [2.75, 3.05) is 6.61 Å². The molecule has 0 unspecified atom stereocenters. The molecule has 0 bridgehead atoms. The Hall–Kier alpha value is -4.47. The molecule has 5 rings (SSSR count). The van der Waals surface area contributed by atoms with Gasteiger partial charge in [-0.3, -0.25) is 24.3 Å². The van der Waals surface area contributed by atoms with E-state index in [-0.39, 0.29) is 29.5 Å². The molecule has 4 aromatic rings. The SMILES string of the molecule is Cc1cc(C(=O)Cn2cnc3ccc([N+](=O)[O-])cc3c2=O)c(C)n1C[C@@H]1COc2ccccc2O1. The quantitative estimate of drug-likeness (QED) is 0.239. The van der Waals surface area contributed by atoms with Gasteiger partial charge in [0.25, 0.3) is 11.2 Å². The first-order chi connectivity index (χ1) is 16.8. The van der Waals surface area contributed by atoms with E-state index in [2.05, 4.69) is 4.98 Å². The van der Waals surface area contributed by atoms with Gasteiger partial charge in [0.2, 0.25) is 0 Å². The molecule has 3 heterocycles. The Kier molecular flexibility index (Phi) is 5.56. The van der Waals surface area contributed by atoms with Crippen molar-refractivity contribution in [3.63, 3.8) is 0 Å². The van der Waals surface area contributed by atoms with Crippen LogP contribution < -0.4 is 15.0 Å². The Morgan fingerprint density at radius 1 is 1.17 bits per heavy atom. The van der Waals surface area contributed by atoms with Crippen LogP contribution in [0.3, 0.4) is 0 Å². The Morgan fingerprint density at radius 3 is 2.71 bits per heavy atom. The molecule has 10 nitrogen and oxygen atoms in total. The van der Waals surface area contributed by atoms with Crippen molar-refractivity contribution in [2.24, 2.45) is 0 Å². The zero-order valence-corrected chi connectivity index (χ0v) is 19.1. The van der Waals surface area contributed by atoms with Crippen molar-refractivity contribution in [1.29, 1.82) is 0 Å². The van der Waals surface area contributed by atoms with Crippen molar-refractivity contribution >= 4 is 22.4 Å². The highest BCUT2D eigenvalue weighted by atomic mass is 16.6. The molecule has 1 aliphatic rings. The molecule has 0 aliphatic carbocycles. The molecule has 1 atom stereocenters. The summed E-state index contributed by atoms with van der Waals surface area (Å²) in [6.07, 6.45) is 1.07. The van der Waals surface area contributed by atoms with Crippen LogP contribution in [0.2, 0.25) is 0 Å². The lowest BCUT2D eigenvalue weighted by molar-refractivity contribution is -0.384. The summed E-state index contributed by atoms with van der Waals surface area (Å²) in [5.41, 5.74) is 1.75. The monoisotopic (exact) mass is 474 g/mol. The van der Waals surface area contributed by atoms with Crippen molar-refractivity contribution in [1.82, 2.24) is 14.1 Å². The maximum atomic E-state index is 13.2. The smallest absolute Gasteiger partial charge is 0.270 e. The topological polar surface area (TPSA) is 118 Å². The van der Waals surface area contributed by atoms with Gasteiger partial charge in [-0.25, -0.2) is 4.98 Å². The van der Waals surface area contributed by atoms with E-state index in [1.54, 1.807) is 6.07 Å². The van der Waals surface area contributed by atoms with Gasteiger partial charge in [0.1, 0.15) is 6.61 Å². The zero-order chi connectivity index (χ0) is 24.7. The van der Waals surface area contributed by atoms with Gasteiger partial charge in [-0.1, -0.05) is 12.1 Å². The second-order valence-corrected chi connectivity index (χ2v) is 8.45. The summed E-state index contributed by atoms with van der Waals surface area (Å²) in [6, 6.07) is 13.2. The number of rotatable bonds is 6. The van der Waals surface area contributed by atoms with Crippen LogP contribution in [0, 0.1) is 24.0 Å². The minimum Gasteiger partial charge on any atom is -0.486 e. The van der Waals surface area contributed by atoms with E-state index in [1.807, 2.05) is 42.7 Å². The van der Waals surface area contributed by atoms with E-state index >= 15 is 0 Å². The van der Waals surface area contributed by atoms with Crippen molar-refractivity contribution in [2.45, 2.75) is 33.0 Å².